The third kappa shape index (κ3) is 7.02. The van der Waals surface area contributed by atoms with Crippen LogP contribution < -0.4 is 22.1 Å². The zero-order chi connectivity index (χ0) is 22.1. The molecule has 1 heterocycles. The highest BCUT2D eigenvalue weighted by Gasteiger charge is 2.29. The van der Waals surface area contributed by atoms with Crippen LogP contribution in [0.25, 0.3) is 0 Å². The number of aromatic nitrogens is 2. The van der Waals surface area contributed by atoms with Gasteiger partial charge in [0.05, 0.1) is 18.8 Å². The molecule has 0 saturated heterocycles. The predicted molar refractivity (Wildman–Crippen MR) is 106 cm³/mol. The van der Waals surface area contributed by atoms with Crippen molar-refractivity contribution in [2.45, 2.75) is 37.4 Å². The minimum atomic E-state index is -1.24. The Kier molecular flexibility index (Phi) is 8.06. The van der Waals surface area contributed by atoms with Gasteiger partial charge >= 0.3 is 5.97 Å². The molecule has 11 heteroatoms. The molecule has 2 aromatic rings. The molecule has 8 N–H and O–H groups in total. The van der Waals surface area contributed by atoms with Gasteiger partial charge in [-0.15, -0.1) is 0 Å². The summed E-state index contributed by atoms with van der Waals surface area (Å²) in [5, 5.41) is 14.4. The van der Waals surface area contributed by atoms with Crippen molar-refractivity contribution >= 4 is 23.7 Å². The summed E-state index contributed by atoms with van der Waals surface area (Å²) in [5.41, 5.74) is 11.9. The highest BCUT2D eigenvalue weighted by molar-refractivity contribution is 5.93. The number of rotatable bonds is 11. The molecular weight excluding hydrogens is 392 g/mol. The molecule has 3 atom stereocenters. The highest BCUT2D eigenvalue weighted by Crippen LogP contribution is 2.06. The molecular formula is C19H24N6O5. The number of nitrogens with two attached hydrogens (primary N) is 2. The number of imidazole rings is 1. The number of carboxylic acid groups (broad SMARTS) is 1. The number of primary amides is 1. The van der Waals surface area contributed by atoms with Gasteiger partial charge in [0.1, 0.15) is 12.1 Å². The fourth-order valence-electron chi connectivity index (χ4n) is 2.74. The van der Waals surface area contributed by atoms with Crippen molar-refractivity contribution in [3.8, 4) is 0 Å². The summed E-state index contributed by atoms with van der Waals surface area (Å²) in [6, 6.07) is 5.22. The lowest BCUT2D eigenvalue weighted by atomic mass is 10.0. The number of nitrogens with zero attached hydrogens (tertiary/aromatic N) is 1. The third-order valence-electron chi connectivity index (χ3n) is 4.27. The van der Waals surface area contributed by atoms with E-state index in [0.717, 1.165) is 5.56 Å². The molecule has 11 nitrogen and oxygen atoms in total. The van der Waals surface area contributed by atoms with Crippen molar-refractivity contribution in [1.29, 1.82) is 0 Å². The Balaban J connectivity index is 2.12. The molecule has 1 aromatic heterocycles. The van der Waals surface area contributed by atoms with Gasteiger partial charge in [-0.25, -0.2) is 9.78 Å². The molecule has 3 amide bonds. The minimum absolute atomic E-state index is 0.0124. The third-order valence-corrected chi connectivity index (χ3v) is 4.27. The lowest BCUT2D eigenvalue weighted by Gasteiger charge is -2.22. The molecule has 0 radical (unpaired) electrons. The van der Waals surface area contributed by atoms with Gasteiger partial charge in [-0.05, 0) is 5.56 Å². The van der Waals surface area contributed by atoms with Crippen molar-refractivity contribution in [3.05, 3.63) is 54.1 Å². The number of amides is 3. The normalized spacial score (nSPS) is 13.6. The first-order valence-corrected chi connectivity index (χ1v) is 9.15. The zero-order valence-electron chi connectivity index (χ0n) is 16.1. The predicted octanol–water partition coefficient (Wildman–Crippen LogP) is -1.55. The van der Waals surface area contributed by atoms with Crippen LogP contribution in [0.2, 0.25) is 0 Å². The molecule has 1 aromatic carbocycles. The average Bonchev–Trinajstić information content (AvgIpc) is 3.20. The Labute approximate surface area is 172 Å². The fraction of sp³-hybridized carbons (Fsp3) is 0.316. The van der Waals surface area contributed by atoms with Gasteiger partial charge in [0.15, 0.2) is 0 Å². The van der Waals surface area contributed by atoms with Gasteiger partial charge in [0.25, 0.3) is 0 Å². The van der Waals surface area contributed by atoms with Gasteiger partial charge in [-0.3, -0.25) is 14.4 Å². The number of nitrogens with one attached hydrogen (secondary N) is 3. The monoisotopic (exact) mass is 416 g/mol. The smallest absolute Gasteiger partial charge is 0.326 e. The number of carboxylic acids is 1. The second kappa shape index (κ2) is 10.7. The highest BCUT2D eigenvalue weighted by atomic mass is 16.4. The Bertz CT molecular complexity index is 871. The van der Waals surface area contributed by atoms with Gasteiger partial charge < -0.3 is 32.2 Å². The molecule has 0 bridgehead atoms. The van der Waals surface area contributed by atoms with Crippen molar-refractivity contribution in [3.63, 3.8) is 0 Å². The van der Waals surface area contributed by atoms with E-state index in [1.165, 1.54) is 12.5 Å². The van der Waals surface area contributed by atoms with Crippen LogP contribution in [0.3, 0.4) is 0 Å². The second-order valence-corrected chi connectivity index (χ2v) is 6.71. The quantitative estimate of drug-likeness (QED) is 0.255. The summed E-state index contributed by atoms with van der Waals surface area (Å²) in [6.07, 6.45) is 2.55. The molecule has 0 aliphatic rings. The molecule has 30 heavy (non-hydrogen) atoms. The first-order chi connectivity index (χ1) is 14.3. The summed E-state index contributed by atoms with van der Waals surface area (Å²) in [7, 11) is 0. The maximum atomic E-state index is 12.8. The van der Waals surface area contributed by atoms with Gasteiger partial charge in [0.2, 0.25) is 17.7 Å². The van der Waals surface area contributed by atoms with Crippen LogP contribution in [0, 0.1) is 0 Å². The van der Waals surface area contributed by atoms with Gasteiger partial charge in [-0.1, -0.05) is 30.3 Å². The Morgan fingerprint density at radius 3 is 2.27 bits per heavy atom. The Morgan fingerprint density at radius 1 is 1.03 bits per heavy atom. The largest absolute Gasteiger partial charge is 0.480 e. The fourth-order valence-corrected chi connectivity index (χ4v) is 2.74. The first kappa shape index (κ1) is 22.6. The summed E-state index contributed by atoms with van der Waals surface area (Å²) in [4.78, 5) is 54.4. The number of H-pyrrole nitrogens is 1. The van der Waals surface area contributed by atoms with E-state index < -0.39 is 48.2 Å². The lowest BCUT2D eigenvalue weighted by molar-refractivity contribution is -0.142. The van der Waals surface area contributed by atoms with Crippen molar-refractivity contribution in [2.75, 3.05) is 0 Å². The van der Waals surface area contributed by atoms with E-state index in [0.29, 0.717) is 5.69 Å². The molecule has 160 valence electrons. The maximum Gasteiger partial charge on any atom is 0.326 e. The number of carbonyl (C=O) groups excluding carboxylic acids is 3. The maximum absolute atomic E-state index is 12.8. The number of carbonyl (C=O) groups is 4. The van der Waals surface area contributed by atoms with E-state index >= 15 is 0 Å². The van der Waals surface area contributed by atoms with Crippen molar-refractivity contribution in [1.82, 2.24) is 20.6 Å². The number of benzene rings is 1. The van der Waals surface area contributed by atoms with Gasteiger partial charge in [0, 0.05) is 24.7 Å². The molecule has 0 fully saturated rings. The molecule has 0 aliphatic heterocycles. The van der Waals surface area contributed by atoms with Crippen LogP contribution in [0.5, 0.6) is 0 Å². The Morgan fingerprint density at radius 2 is 1.70 bits per heavy atom. The number of hydrogen-bond acceptors (Lipinski definition) is 6. The van der Waals surface area contributed by atoms with E-state index in [2.05, 4.69) is 20.6 Å². The van der Waals surface area contributed by atoms with Gasteiger partial charge in [-0.2, -0.15) is 0 Å². The second-order valence-electron chi connectivity index (χ2n) is 6.71. The topological polar surface area (TPSA) is 193 Å². The standard InChI is InChI=1S/C19H24N6O5/c20-13(8-16(21)26)17(27)24-14(7-12-9-22-10-23-12)18(28)25-15(19(29)30)6-11-4-2-1-3-5-11/h1-5,9-10,13-15H,6-8,20H2,(H2,21,26)(H,22,23)(H,24,27)(H,25,28)(H,29,30). The van der Waals surface area contributed by atoms with Crippen LogP contribution in [0.1, 0.15) is 17.7 Å². The summed E-state index contributed by atoms with van der Waals surface area (Å²) in [5.74, 6) is -3.46. The number of hydrogen-bond donors (Lipinski definition) is 6. The van der Waals surface area contributed by atoms with Crippen molar-refractivity contribution < 1.29 is 24.3 Å². The molecule has 2 rings (SSSR count). The van der Waals surface area contributed by atoms with Crippen LogP contribution >= 0.6 is 0 Å². The van der Waals surface area contributed by atoms with E-state index in [-0.39, 0.29) is 12.8 Å². The van der Waals surface area contributed by atoms with Crippen LogP contribution in [-0.2, 0) is 32.0 Å². The number of aliphatic carboxylic acids is 1. The molecule has 0 spiro atoms. The van der Waals surface area contributed by atoms with Crippen molar-refractivity contribution in [2.24, 2.45) is 11.5 Å². The van der Waals surface area contributed by atoms with E-state index in [1.54, 1.807) is 30.3 Å². The van der Waals surface area contributed by atoms with Crippen LogP contribution in [0.4, 0.5) is 0 Å². The average molecular weight is 416 g/mol. The molecule has 0 aliphatic carbocycles. The molecule has 3 unspecified atom stereocenters. The number of aromatic amines is 1. The zero-order valence-corrected chi connectivity index (χ0v) is 16.1. The van der Waals surface area contributed by atoms with Crippen LogP contribution in [0.15, 0.2) is 42.9 Å². The van der Waals surface area contributed by atoms with E-state index in [9.17, 15) is 24.3 Å². The van der Waals surface area contributed by atoms with E-state index in [4.69, 9.17) is 11.5 Å². The summed E-state index contributed by atoms with van der Waals surface area (Å²) >= 11 is 0. The summed E-state index contributed by atoms with van der Waals surface area (Å²) < 4.78 is 0. The summed E-state index contributed by atoms with van der Waals surface area (Å²) in [6.45, 7) is 0. The lowest BCUT2D eigenvalue weighted by Crippen LogP contribution is -2.56. The first-order valence-electron chi connectivity index (χ1n) is 9.15. The van der Waals surface area contributed by atoms with Crippen LogP contribution in [-0.4, -0.2) is 56.9 Å². The minimum Gasteiger partial charge on any atom is -0.480 e. The molecule has 0 saturated carbocycles. The van der Waals surface area contributed by atoms with E-state index in [1.807, 2.05) is 0 Å². The Hall–Kier alpha value is -3.73. The SMILES string of the molecule is NC(=O)CC(N)C(=O)NC(Cc1cnc[nH]1)C(=O)NC(Cc1ccccc1)C(=O)O.